The molecule has 1 saturated heterocycles. The summed E-state index contributed by atoms with van der Waals surface area (Å²) in [6.45, 7) is 12.4. The van der Waals surface area contributed by atoms with E-state index in [0.29, 0.717) is 33.4 Å². The highest BCUT2D eigenvalue weighted by Gasteiger charge is 2.38. The third-order valence-corrected chi connectivity index (χ3v) is 7.25. The summed E-state index contributed by atoms with van der Waals surface area (Å²) in [7, 11) is 0. The van der Waals surface area contributed by atoms with Gasteiger partial charge in [-0.25, -0.2) is 9.78 Å². The Morgan fingerprint density at radius 1 is 1.00 bits per heavy atom. The Morgan fingerprint density at radius 3 is 2.22 bits per heavy atom. The summed E-state index contributed by atoms with van der Waals surface area (Å²) in [5.74, 6) is -2.60. The summed E-state index contributed by atoms with van der Waals surface area (Å²) >= 11 is 5.89. The highest BCUT2D eigenvalue weighted by Crippen LogP contribution is 2.34. The van der Waals surface area contributed by atoms with Crippen molar-refractivity contribution in [1.82, 2.24) is 10.3 Å². The van der Waals surface area contributed by atoms with Crippen molar-refractivity contribution < 1.29 is 37.4 Å². The minimum atomic E-state index is -5.08. The molecule has 2 amide bonds. The van der Waals surface area contributed by atoms with Gasteiger partial charge in [-0.15, -0.1) is 0 Å². The molecule has 3 aromatic rings. The third-order valence-electron chi connectivity index (χ3n) is 7.03. The summed E-state index contributed by atoms with van der Waals surface area (Å²) < 4.78 is 38.3. The molecule has 4 rings (SSSR count). The molecule has 0 radical (unpaired) electrons. The van der Waals surface area contributed by atoms with E-state index in [0.717, 1.165) is 25.1 Å². The van der Waals surface area contributed by atoms with Crippen LogP contribution in [0.3, 0.4) is 0 Å². The standard InChI is InChI=1S/C30H35ClN4O3.C2HF3O2/c1-29(2,3)19-10-12-22(24(16-19)38-25-14-15-32-18-30(25,4)5)28(37)34-23-9-7-6-8-21(23)27(36)35-26-13-11-20(31)17-33-26;3-2(4,5)1(6)7/h6-13,16-17,25,32H,14-15,18H2,1-5H3,(H,34,37)(H,33,35,36);(H,6,7)/t25-;/m1./s1. The van der Waals surface area contributed by atoms with Crippen LogP contribution in [0, 0.1) is 5.41 Å². The van der Waals surface area contributed by atoms with Gasteiger partial charge in [0.15, 0.2) is 0 Å². The summed E-state index contributed by atoms with van der Waals surface area (Å²) in [6.07, 6.45) is -2.83. The van der Waals surface area contributed by atoms with E-state index < -0.39 is 18.1 Å². The van der Waals surface area contributed by atoms with Gasteiger partial charge in [0, 0.05) is 18.2 Å². The van der Waals surface area contributed by atoms with Crippen molar-refractivity contribution in [3.63, 3.8) is 0 Å². The fourth-order valence-corrected chi connectivity index (χ4v) is 4.52. The van der Waals surface area contributed by atoms with Crippen LogP contribution in [0.25, 0.3) is 0 Å². The summed E-state index contributed by atoms with van der Waals surface area (Å²) in [4.78, 5) is 39.6. The maximum Gasteiger partial charge on any atom is 0.490 e. The van der Waals surface area contributed by atoms with Gasteiger partial charge in [0.1, 0.15) is 17.7 Å². The highest BCUT2D eigenvalue weighted by atomic mass is 35.5. The smallest absolute Gasteiger partial charge is 0.489 e. The van der Waals surface area contributed by atoms with Crippen molar-refractivity contribution in [3.05, 3.63) is 82.5 Å². The number of pyridine rings is 1. The molecule has 0 bridgehead atoms. The van der Waals surface area contributed by atoms with Gasteiger partial charge < -0.3 is 25.8 Å². The number of ether oxygens (including phenoxy) is 1. The van der Waals surface area contributed by atoms with Crippen LogP contribution in [0.1, 0.15) is 67.3 Å². The molecule has 2 aromatic carbocycles. The van der Waals surface area contributed by atoms with Crippen LogP contribution in [-0.4, -0.2) is 53.2 Å². The predicted molar refractivity (Wildman–Crippen MR) is 166 cm³/mol. The lowest BCUT2D eigenvalue weighted by molar-refractivity contribution is -0.192. The van der Waals surface area contributed by atoms with Gasteiger partial charge in [-0.2, -0.15) is 13.2 Å². The zero-order chi connectivity index (χ0) is 33.6. The fraction of sp³-hybridized carbons (Fsp3) is 0.375. The van der Waals surface area contributed by atoms with Gasteiger partial charge in [-0.1, -0.05) is 64.4 Å². The number of carbonyl (C=O) groups is 3. The molecule has 1 aliphatic heterocycles. The number of para-hydroxylation sites is 1. The van der Waals surface area contributed by atoms with Gasteiger partial charge >= 0.3 is 12.1 Å². The molecule has 0 unspecified atom stereocenters. The van der Waals surface area contributed by atoms with Crippen molar-refractivity contribution in [2.24, 2.45) is 5.41 Å². The SMILES string of the molecule is CC(C)(C)c1ccc(C(=O)Nc2ccccc2C(=O)Nc2ccc(Cl)cn2)c(O[C@@H]2CCNCC2(C)C)c1.O=C(O)C(F)(F)F. The van der Waals surface area contributed by atoms with E-state index in [9.17, 15) is 22.8 Å². The minimum absolute atomic E-state index is 0.0459. The molecule has 242 valence electrons. The molecule has 0 saturated carbocycles. The Kier molecular flexibility index (Phi) is 11.2. The Labute approximate surface area is 264 Å². The molecule has 9 nitrogen and oxygen atoms in total. The van der Waals surface area contributed by atoms with Crippen LogP contribution in [0.4, 0.5) is 24.7 Å². The number of alkyl halides is 3. The number of carbonyl (C=O) groups excluding carboxylic acids is 2. The molecule has 1 aliphatic rings. The van der Waals surface area contributed by atoms with Crippen molar-refractivity contribution in [3.8, 4) is 5.75 Å². The second kappa shape index (κ2) is 14.3. The zero-order valence-corrected chi connectivity index (χ0v) is 26.3. The van der Waals surface area contributed by atoms with Crippen molar-refractivity contribution in [1.29, 1.82) is 0 Å². The van der Waals surface area contributed by atoms with Gasteiger partial charge in [0.25, 0.3) is 11.8 Å². The summed E-state index contributed by atoms with van der Waals surface area (Å²) in [5.41, 5.74) is 1.98. The first-order chi connectivity index (χ1) is 20.9. The zero-order valence-electron chi connectivity index (χ0n) is 25.5. The summed E-state index contributed by atoms with van der Waals surface area (Å²) in [5, 5.41) is 16.7. The number of hydrogen-bond donors (Lipinski definition) is 4. The van der Waals surface area contributed by atoms with Crippen molar-refractivity contribution in [2.75, 3.05) is 23.7 Å². The third kappa shape index (κ3) is 9.92. The molecule has 0 aliphatic carbocycles. The number of aliphatic carboxylic acids is 1. The van der Waals surface area contributed by atoms with Crippen molar-refractivity contribution in [2.45, 2.75) is 58.7 Å². The van der Waals surface area contributed by atoms with E-state index in [4.69, 9.17) is 26.2 Å². The lowest BCUT2D eigenvalue weighted by Gasteiger charge is -2.39. The topological polar surface area (TPSA) is 130 Å². The molecular formula is C32H36ClF3N4O5. The van der Waals surface area contributed by atoms with E-state index in [1.807, 2.05) is 12.1 Å². The first-order valence-corrected chi connectivity index (χ1v) is 14.4. The predicted octanol–water partition coefficient (Wildman–Crippen LogP) is 6.94. The number of amides is 2. The number of hydrogen-bond acceptors (Lipinski definition) is 6. The monoisotopic (exact) mass is 648 g/mol. The first-order valence-electron chi connectivity index (χ1n) is 14.0. The van der Waals surface area contributed by atoms with E-state index in [1.165, 1.54) is 6.20 Å². The summed E-state index contributed by atoms with van der Waals surface area (Å²) in [6, 6.07) is 15.9. The molecule has 0 spiro atoms. The number of carboxylic acids is 1. The van der Waals surface area contributed by atoms with E-state index in [-0.39, 0.29) is 22.8 Å². The molecular weight excluding hydrogens is 613 g/mol. The van der Waals surface area contributed by atoms with Crippen LogP contribution in [0.15, 0.2) is 60.8 Å². The molecule has 13 heteroatoms. The number of nitrogens with zero attached hydrogens (tertiary/aromatic N) is 1. The number of nitrogens with one attached hydrogen (secondary N) is 3. The fourth-order valence-electron chi connectivity index (χ4n) is 4.41. The molecule has 1 fully saturated rings. The number of rotatable bonds is 6. The van der Waals surface area contributed by atoms with Gasteiger partial charge in [0.2, 0.25) is 0 Å². The van der Waals surface area contributed by atoms with E-state index in [2.05, 4.69) is 55.6 Å². The van der Waals surface area contributed by atoms with Gasteiger partial charge in [-0.05, 0) is 60.3 Å². The van der Waals surface area contributed by atoms with Gasteiger partial charge in [-0.3, -0.25) is 9.59 Å². The van der Waals surface area contributed by atoms with E-state index >= 15 is 0 Å². The average molecular weight is 649 g/mol. The lowest BCUT2D eigenvalue weighted by Crippen LogP contribution is -2.49. The second-order valence-electron chi connectivity index (χ2n) is 12.1. The largest absolute Gasteiger partial charge is 0.490 e. The highest BCUT2D eigenvalue weighted by molar-refractivity contribution is 6.30. The number of benzene rings is 2. The quantitative estimate of drug-likeness (QED) is 0.228. The van der Waals surface area contributed by atoms with Gasteiger partial charge in [0.05, 0.1) is 21.8 Å². The second-order valence-corrected chi connectivity index (χ2v) is 12.6. The Balaban J connectivity index is 0.000000707. The normalized spacial score (nSPS) is 16.1. The van der Waals surface area contributed by atoms with Crippen LogP contribution in [0.5, 0.6) is 5.75 Å². The molecule has 45 heavy (non-hydrogen) atoms. The number of piperidine rings is 1. The molecule has 1 aromatic heterocycles. The number of halogens is 4. The van der Waals surface area contributed by atoms with Crippen molar-refractivity contribution >= 4 is 40.9 Å². The number of carboxylic acid groups (broad SMARTS) is 1. The Morgan fingerprint density at radius 2 is 1.64 bits per heavy atom. The van der Waals surface area contributed by atoms with Crippen LogP contribution in [-0.2, 0) is 10.2 Å². The van der Waals surface area contributed by atoms with Crippen LogP contribution < -0.4 is 20.7 Å². The lowest BCUT2D eigenvalue weighted by atomic mass is 9.82. The Bertz CT molecular complexity index is 1520. The van der Waals surface area contributed by atoms with Crippen LogP contribution >= 0.6 is 11.6 Å². The van der Waals surface area contributed by atoms with Crippen LogP contribution in [0.2, 0.25) is 5.02 Å². The van der Waals surface area contributed by atoms with E-state index in [1.54, 1.807) is 42.5 Å². The Hall–Kier alpha value is -4.16. The number of aromatic nitrogens is 1. The minimum Gasteiger partial charge on any atom is -0.489 e. The molecule has 2 heterocycles. The maximum absolute atomic E-state index is 13.6. The first kappa shape index (κ1) is 35.3. The average Bonchev–Trinajstić information content (AvgIpc) is 2.95. The molecule has 4 N–H and O–H groups in total. The number of anilines is 2. The molecule has 1 atom stereocenters. The maximum atomic E-state index is 13.6.